The second-order valence-corrected chi connectivity index (χ2v) is 1.94. The number of hydrogen-bond acceptors (Lipinski definition) is 0. The third-order valence-electron chi connectivity index (χ3n) is 0.774. The van der Waals surface area contributed by atoms with Crippen molar-refractivity contribution in [3.63, 3.8) is 0 Å². The summed E-state index contributed by atoms with van der Waals surface area (Å²) in [5, 5.41) is 1.13. The van der Waals surface area contributed by atoms with Crippen LogP contribution < -0.4 is 30.0 Å². The number of rotatable bonds is 0. The maximum Gasteiger partial charge on any atom is 0.0711 e. The third kappa shape index (κ3) is 4.52. The van der Waals surface area contributed by atoms with Gasteiger partial charge in [0.25, 0.3) is 0 Å². The monoisotopic (exact) mass is 175 g/mol. The summed E-state index contributed by atoms with van der Waals surface area (Å²) in [5.41, 5.74) is 0. The summed E-state index contributed by atoms with van der Waals surface area (Å²) in [6.45, 7) is 0. The van der Waals surface area contributed by atoms with Crippen LogP contribution in [0.25, 0.3) is 0 Å². The highest BCUT2D eigenvalue weighted by molar-refractivity contribution is 6.32. The van der Waals surface area contributed by atoms with Gasteiger partial charge in [0, 0.05) is 0 Å². The smallest absolute Gasteiger partial charge is 0.0711 e. The average molecular weight is 176 g/mol. The van der Waals surface area contributed by atoms with Crippen LogP contribution in [0.2, 0.25) is 0 Å². The van der Waals surface area contributed by atoms with E-state index in [9.17, 15) is 0 Å². The Morgan fingerprint density at radius 1 is 0.889 bits per heavy atom. The van der Waals surface area contributed by atoms with E-state index in [-0.39, 0.29) is 24.8 Å². The summed E-state index contributed by atoms with van der Waals surface area (Å²) in [4.78, 5) is 0. The Morgan fingerprint density at radius 3 is 1.56 bits per heavy atom. The molecule has 0 saturated carbocycles. The Bertz CT molecular complexity index is 141. The highest BCUT2D eigenvalue weighted by atomic mass is 35.5. The van der Waals surface area contributed by atoms with Gasteiger partial charge in [-0.25, -0.2) is 0 Å². The minimum Gasteiger partial charge on any atom is -1.00 e. The second-order valence-electron chi connectivity index (χ2n) is 1.37. The fourth-order valence-electron chi connectivity index (χ4n) is 0.438. The molecule has 0 aliphatic heterocycles. The molecule has 0 saturated heterocycles. The van der Waals surface area contributed by atoms with Crippen LogP contribution in [0.1, 0.15) is 0 Å². The van der Waals surface area contributed by atoms with Crippen LogP contribution in [0.5, 0.6) is 0 Å². The Balaban J connectivity index is 0. The summed E-state index contributed by atoms with van der Waals surface area (Å²) in [6, 6.07) is 9.96. The lowest BCUT2D eigenvalue weighted by Crippen LogP contribution is -3.00. The molecule has 0 amide bonds. The van der Waals surface area contributed by atoms with Gasteiger partial charge in [-0.1, -0.05) is 35.5 Å². The van der Waals surface area contributed by atoms with Crippen LogP contribution in [0, 0.1) is 0 Å². The Hall–Kier alpha value is 0.0169. The molecule has 49 valence electrons. The molecule has 0 aliphatic rings. The van der Waals surface area contributed by atoms with Gasteiger partial charge >= 0.3 is 0 Å². The van der Waals surface area contributed by atoms with Crippen molar-refractivity contribution in [1.29, 1.82) is 0 Å². The van der Waals surface area contributed by atoms with Crippen molar-refractivity contribution in [3.8, 4) is 0 Å². The van der Waals surface area contributed by atoms with Gasteiger partial charge in [-0.2, -0.15) is 0 Å². The fraction of sp³-hybridized carbons (Fsp3) is 0. The highest BCUT2D eigenvalue weighted by Gasteiger charge is 1.72. The van der Waals surface area contributed by atoms with E-state index in [4.69, 9.17) is 0 Å². The first kappa shape index (κ1) is 11.8. The molecular formula is C6H5Cl2Si-2. The van der Waals surface area contributed by atoms with Crippen LogP contribution in [-0.2, 0) is 0 Å². The molecule has 3 radical (unpaired) electrons. The van der Waals surface area contributed by atoms with Crippen LogP contribution in [0.3, 0.4) is 0 Å². The molecule has 0 aromatic heterocycles. The molecule has 1 rings (SSSR count). The first-order chi connectivity index (χ1) is 3.39. The molecule has 0 atom stereocenters. The molecule has 3 heteroatoms. The molecular weight excluding hydrogens is 171 g/mol. The molecule has 0 aliphatic carbocycles. The summed E-state index contributed by atoms with van der Waals surface area (Å²) < 4.78 is 0. The van der Waals surface area contributed by atoms with Gasteiger partial charge < -0.3 is 24.8 Å². The predicted molar refractivity (Wildman–Crippen MR) is 31.8 cm³/mol. The van der Waals surface area contributed by atoms with Crippen LogP contribution >= 0.6 is 0 Å². The largest absolute Gasteiger partial charge is 1.00 e. The Kier molecular flexibility index (Phi) is 8.03. The SMILES string of the molecule is [Cl-].[Cl-].[Si]c1ccccc1. The molecule has 1 aromatic carbocycles. The Morgan fingerprint density at radius 2 is 1.33 bits per heavy atom. The van der Waals surface area contributed by atoms with Gasteiger partial charge in [-0.15, -0.1) is 0 Å². The zero-order valence-corrected chi connectivity index (χ0v) is 7.15. The van der Waals surface area contributed by atoms with Gasteiger partial charge in [-0.05, 0) is 0 Å². The van der Waals surface area contributed by atoms with Crippen LogP contribution in [0.15, 0.2) is 30.3 Å². The molecule has 0 unspecified atom stereocenters. The standard InChI is InChI=1S/C6H5Si.2ClH/c7-6-4-2-1-3-5-6;;/h1-5H;2*1H/p-2. The van der Waals surface area contributed by atoms with E-state index in [0.29, 0.717) is 0 Å². The number of hydrogen-bond donors (Lipinski definition) is 0. The molecule has 0 heterocycles. The van der Waals surface area contributed by atoms with Crippen LogP contribution in [-0.4, -0.2) is 10.2 Å². The lowest BCUT2D eigenvalue weighted by molar-refractivity contribution is -0.00100. The van der Waals surface area contributed by atoms with E-state index in [1.807, 2.05) is 30.3 Å². The highest BCUT2D eigenvalue weighted by Crippen LogP contribution is 1.76. The lowest BCUT2D eigenvalue weighted by Gasteiger charge is -1.82. The van der Waals surface area contributed by atoms with E-state index >= 15 is 0 Å². The summed E-state index contributed by atoms with van der Waals surface area (Å²) in [7, 11) is 3.36. The van der Waals surface area contributed by atoms with E-state index < -0.39 is 0 Å². The minimum atomic E-state index is 0. The van der Waals surface area contributed by atoms with Crippen molar-refractivity contribution in [2.75, 3.05) is 0 Å². The van der Waals surface area contributed by atoms with Gasteiger partial charge in [-0.3, -0.25) is 0 Å². The maximum absolute atomic E-state index is 3.36. The van der Waals surface area contributed by atoms with E-state index in [1.54, 1.807) is 0 Å². The van der Waals surface area contributed by atoms with Gasteiger partial charge in [0.15, 0.2) is 0 Å². The van der Waals surface area contributed by atoms with Gasteiger partial charge in [0.1, 0.15) is 0 Å². The Labute approximate surface area is 70.9 Å². The van der Waals surface area contributed by atoms with Gasteiger partial charge in [0.05, 0.1) is 10.2 Å². The normalized spacial score (nSPS) is 6.78. The minimum absolute atomic E-state index is 0. The number of halogens is 2. The van der Waals surface area contributed by atoms with Crippen molar-refractivity contribution in [2.24, 2.45) is 0 Å². The predicted octanol–water partition coefficient (Wildman–Crippen LogP) is -5.51. The van der Waals surface area contributed by atoms with E-state index in [0.717, 1.165) is 5.19 Å². The lowest BCUT2D eigenvalue weighted by atomic mass is 10.4. The molecule has 0 bridgehead atoms. The van der Waals surface area contributed by atoms with Crippen molar-refractivity contribution in [1.82, 2.24) is 0 Å². The topological polar surface area (TPSA) is 0 Å². The van der Waals surface area contributed by atoms with Crippen molar-refractivity contribution >= 4 is 15.4 Å². The van der Waals surface area contributed by atoms with Crippen molar-refractivity contribution < 1.29 is 24.8 Å². The second kappa shape index (κ2) is 6.14. The summed E-state index contributed by atoms with van der Waals surface area (Å²) in [5.74, 6) is 0. The number of benzene rings is 1. The molecule has 0 spiro atoms. The van der Waals surface area contributed by atoms with Crippen molar-refractivity contribution in [3.05, 3.63) is 30.3 Å². The molecule has 9 heavy (non-hydrogen) atoms. The molecule has 0 nitrogen and oxygen atoms in total. The van der Waals surface area contributed by atoms with Gasteiger partial charge in [0.2, 0.25) is 0 Å². The third-order valence-corrected chi connectivity index (χ3v) is 1.11. The molecule has 0 fully saturated rings. The van der Waals surface area contributed by atoms with Crippen LogP contribution in [0.4, 0.5) is 0 Å². The zero-order valence-electron chi connectivity index (χ0n) is 4.64. The molecule has 1 aromatic rings. The van der Waals surface area contributed by atoms with E-state index in [2.05, 4.69) is 10.2 Å². The quantitative estimate of drug-likeness (QED) is 0.346. The summed E-state index contributed by atoms with van der Waals surface area (Å²) >= 11 is 0. The molecule has 0 N–H and O–H groups in total. The average Bonchev–Trinajstić information content (AvgIpc) is 1.69. The first-order valence-electron chi connectivity index (χ1n) is 2.16. The maximum atomic E-state index is 3.36. The van der Waals surface area contributed by atoms with E-state index in [1.165, 1.54) is 0 Å². The van der Waals surface area contributed by atoms with Crippen molar-refractivity contribution in [2.45, 2.75) is 0 Å². The summed E-state index contributed by atoms with van der Waals surface area (Å²) in [6.07, 6.45) is 0. The zero-order chi connectivity index (χ0) is 5.11. The first-order valence-corrected chi connectivity index (χ1v) is 2.66. The fourth-order valence-corrected chi connectivity index (χ4v) is 0.631.